The van der Waals surface area contributed by atoms with Crippen molar-refractivity contribution >= 4 is 0 Å². The molecule has 0 heterocycles. The van der Waals surface area contributed by atoms with E-state index in [4.69, 9.17) is 10.6 Å². The lowest BCUT2D eigenvalue weighted by Crippen LogP contribution is -2.30. The molecular weight excluding hydrogens is 224 g/mol. The predicted molar refractivity (Wildman–Crippen MR) is 74.3 cm³/mol. The molecule has 0 aliphatic heterocycles. The summed E-state index contributed by atoms with van der Waals surface area (Å²) in [6.07, 6.45) is 7.98. The lowest BCUT2D eigenvalue weighted by molar-refractivity contribution is 0.300. The molecule has 0 amide bonds. The van der Waals surface area contributed by atoms with Crippen molar-refractivity contribution in [3.8, 4) is 5.75 Å². The second kappa shape index (κ2) is 6.76. The van der Waals surface area contributed by atoms with E-state index in [0.29, 0.717) is 0 Å². The fraction of sp³-hybridized carbons (Fsp3) is 0.600. The molecule has 1 fully saturated rings. The molecule has 1 unspecified atom stereocenters. The summed E-state index contributed by atoms with van der Waals surface area (Å²) in [4.78, 5) is 0. The summed E-state index contributed by atoms with van der Waals surface area (Å²) in [5.74, 6) is 7.43. The van der Waals surface area contributed by atoms with Gasteiger partial charge in [0.15, 0.2) is 0 Å². The van der Waals surface area contributed by atoms with Crippen LogP contribution in [-0.2, 0) is 0 Å². The molecule has 1 aromatic carbocycles. The van der Waals surface area contributed by atoms with Crippen molar-refractivity contribution in [1.29, 1.82) is 0 Å². The van der Waals surface area contributed by atoms with Crippen LogP contribution in [0.3, 0.4) is 0 Å². The number of nitrogens with one attached hydrogen (secondary N) is 1. The van der Waals surface area contributed by atoms with E-state index in [-0.39, 0.29) is 6.04 Å². The van der Waals surface area contributed by atoms with E-state index >= 15 is 0 Å². The van der Waals surface area contributed by atoms with Crippen LogP contribution in [0.15, 0.2) is 24.3 Å². The van der Waals surface area contributed by atoms with Crippen molar-refractivity contribution < 1.29 is 4.74 Å². The van der Waals surface area contributed by atoms with Crippen molar-refractivity contribution in [1.82, 2.24) is 5.43 Å². The van der Waals surface area contributed by atoms with Gasteiger partial charge in [-0.15, -0.1) is 0 Å². The second-order valence-corrected chi connectivity index (χ2v) is 5.24. The fourth-order valence-corrected chi connectivity index (χ4v) is 2.91. The number of nitrogens with two attached hydrogens (primary N) is 1. The Hall–Kier alpha value is -1.06. The van der Waals surface area contributed by atoms with Gasteiger partial charge in [-0.2, -0.15) is 0 Å². The summed E-state index contributed by atoms with van der Waals surface area (Å²) >= 11 is 0. The number of rotatable bonds is 5. The molecule has 0 bridgehead atoms. The number of hydrogen-bond acceptors (Lipinski definition) is 3. The molecule has 100 valence electrons. The van der Waals surface area contributed by atoms with Gasteiger partial charge < -0.3 is 4.74 Å². The minimum absolute atomic E-state index is 0.239. The molecule has 2 rings (SSSR count). The van der Waals surface area contributed by atoms with Crippen molar-refractivity contribution in [2.24, 2.45) is 11.8 Å². The van der Waals surface area contributed by atoms with Gasteiger partial charge in [-0.05, 0) is 30.0 Å². The van der Waals surface area contributed by atoms with Gasteiger partial charge in [-0.25, -0.2) is 0 Å². The molecular formula is C15H24N2O. The molecule has 18 heavy (non-hydrogen) atoms. The normalized spacial score (nSPS) is 18.6. The van der Waals surface area contributed by atoms with Gasteiger partial charge >= 0.3 is 0 Å². The Bertz CT molecular complexity index is 361. The molecule has 0 aromatic heterocycles. The van der Waals surface area contributed by atoms with Gasteiger partial charge in [0.2, 0.25) is 0 Å². The first-order valence-electron chi connectivity index (χ1n) is 6.93. The molecule has 1 aromatic rings. The average Bonchev–Trinajstić information content (AvgIpc) is 2.46. The maximum atomic E-state index is 5.72. The Labute approximate surface area is 110 Å². The zero-order valence-corrected chi connectivity index (χ0v) is 11.2. The van der Waals surface area contributed by atoms with E-state index in [1.165, 1.54) is 37.7 Å². The van der Waals surface area contributed by atoms with Crippen molar-refractivity contribution in [3.05, 3.63) is 29.8 Å². The first kappa shape index (κ1) is 13.4. The summed E-state index contributed by atoms with van der Waals surface area (Å²) in [6, 6.07) is 8.43. The molecule has 1 aliphatic rings. The highest BCUT2D eigenvalue weighted by molar-refractivity contribution is 5.30. The third-order valence-electron chi connectivity index (χ3n) is 3.99. The smallest absolute Gasteiger partial charge is 0.119 e. The van der Waals surface area contributed by atoms with E-state index in [1.807, 2.05) is 12.1 Å². The van der Waals surface area contributed by atoms with Crippen LogP contribution in [0.25, 0.3) is 0 Å². The predicted octanol–water partition coefficient (Wildman–Crippen LogP) is 3.17. The minimum atomic E-state index is 0.239. The van der Waals surface area contributed by atoms with Crippen LogP contribution in [0.1, 0.15) is 50.1 Å². The summed E-state index contributed by atoms with van der Waals surface area (Å²) in [5, 5.41) is 0. The van der Waals surface area contributed by atoms with Crippen LogP contribution in [-0.4, -0.2) is 7.11 Å². The number of ether oxygens (including phenoxy) is 1. The Morgan fingerprint density at radius 3 is 2.78 bits per heavy atom. The van der Waals surface area contributed by atoms with Gasteiger partial charge in [0.1, 0.15) is 5.75 Å². The topological polar surface area (TPSA) is 47.3 Å². The van der Waals surface area contributed by atoms with Gasteiger partial charge in [0.25, 0.3) is 0 Å². The average molecular weight is 248 g/mol. The van der Waals surface area contributed by atoms with Crippen molar-refractivity contribution in [3.63, 3.8) is 0 Å². The van der Waals surface area contributed by atoms with E-state index in [0.717, 1.165) is 18.1 Å². The molecule has 1 saturated carbocycles. The Morgan fingerprint density at radius 1 is 1.33 bits per heavy atom. The molecule has 1 aliphatic carbocycles. The highest BCUT2D eigenvalue weighted by atomic mass is 16.5. The summed E-state index contributed by atoms with van der Waals surface area (Å²) in [5.41, 5.74) is 4.19. The van der Waals surface area contributed by atoms with Gasteiger partial charge in [-0.3, -0.25) is 11.3 Å². The van der Waals surface area contributed by atoms with Gasteiger partial charge in [0, 0.05) is 6.04 Å². The number of hydrogen-bond donors (Lipinski definition) is 2. The molecule has 0 radical (unpaired) electrons. The number of hydrazine groups is 1. The first-order chi connectivity index (χ1) is 8.83. The molecule has 3 N–H and O–H groups in total. The lowest BCUT2D eigenvalue weighted by atomic mass is 9.83. The Kier molecular flexibility index (Phi) is 5.02. The van der Waals surface area contributed by atoms with Crippen molar-refractivity contribution in [2.45, 2.75) is 44.6 Å². The van der Waals surface area contributed by atoms with Crippen LogP contribution < -0.4 is 16.0 Å². The molecule has 0 saturated heterocycles. The fourth-order valence-electron chi connectivity index (χ4n) is 2.91. The lowest BCUT2D eigenvalue weighted by Gasteiger charge is -2.26. The summed E-state index contributed by atoms with van der Waals surface area (Å²) in [6.45, 7) is 0. The van der Waals surface area contributed by atoms with Crippen LogP contribution >= 0.6 is 0 Å². The SMILES string of the molecule is COc1cccc(C(CC2CCCCC2)NN)c1. The summed E-state index contributed by atoms with van der Waals surface area (Å²) < 4.78 is 5.27. The Morgan fingerprint density at radius 2 is 2.11 bits per heavy atom. The summed E-state index contributed by atoms with van der Waals surface area (Å²) in [7, 11) is 1.70. The maximum Gasteiger partial charge on any atom is 0.119 e. The van der Waals surface area contributed by atoms with Crippen LogP contribution in [0, 0.1) is 5.92 Å². The number of methoxy groups -OCH3 is 1. The quantitative estimate of drug-likeness (QED) is 0.621. The van der Waals surface area contributed by atoms with E-state index in [1.54, 1.807) is 7.11 Å². The molecule has 0 spiro atoms. The van der Waals surface area contributed by atoms with E-state index in [9.17, 15) is 0 Å². The second-order valence-electron chi connectivity index (χ2n) is 5.24. The van der Waals surface area contributed by atoms with E-state index in [2.05, 4.69) is 17.6 Å². The molecule has 3 heteroatoms. The van der Waals surface area contributed by atoms with Crippen LogP contribution in [0.4, 0.5) is 0 Å². The highest BCUT2D eigenvalue weighted by Crippen LogP contribution is 2.32. The molecule has 1 atom stereocenters. The third-order valence-corrected chi connectivity index (χ3v) is 3.99. The first-order valence-corrected chi connectivity index (χ1v) is 6.93. The van der Waals surface area contributed by atoms with E-state index < -0.39 is 0 Å². The van der Waals surface area contributed by atoms with Crippen molar-refractivity contribution in [2.75, 3.05) is 7.11 Å². The Balaban J connectivity index is 2.02. The highest BCUT2D eigenvalue weighted by Gasteiger charge is 2.19. The largest absolute Gasteiger partial charge is 0.497 e. The van der Waals surface area contributed by atoms with Gasteiger partial charge in [-0.1, -0.05) is 44.2 Å². The van der Waals surface area contributed by atoms with Gasteiger partial charge in [0.05, 0.1) is 7.11 Å². The maximum absolute atomic E-state index is 5.72. The number of benzene rings is 1. The molecule has 3 nitrogen and oxygen atoms in total. The monoisotopic (exact) mass is 248 g/mol. The zero-order valence-electron chi connectivity index (χ0n) is 11.2. The van der Waals surface area contributed by atoms with Crippen LogP contribution in [0.5, 0.6) is 5.75 Å². The minimum Gasteiger partial charge on any atom is -0.497 e. The third kappa shape index (κ3) is 3.47. The van der Waals surface area contributed by atoms with Crippen LogP contribution in [0.2, 0.25) is 0 Å². The standard InChI is InChI=1S/C15H24N2O/c1-18-14-9-5-8-13(11-14)15(17-16)10-12-6-3-2-4-7-12/h5,8-9,11-12,15,17H,2-4,6-7,10,16H2,1H3. The zero-order chi connectivity index (χ0) is 12.8.